The van der Waals surface area contributed by atoms with Gasteiger partial charge in [0.15, 0.2) is 23.0 Å². The lowest BCUT2D eigenvalue weighted by Crippen LogP contribution is -2.44. The number of ether oxygens (including phenoxy) is 4. The van der Waals surface area contributed by atoms with Crippen molar-refractivity contribution in [3.8, 4) is 23.0 Å². The third kappa shape index (κ3) is 4.75. The number of benzene rings is 2. The van der Waals surface area contributed by atoms with Gasteiger partial charge >= 0.3 is 5.69 Å². The Hall–Kier alpha value is -3.95. The van der Waals surface area contributed by atoms with Crippen LogP contribution in [0, 0.1) is 0 Å². The maximum Gasteiger partial charge on any atom is 0.332 e. The van der Waals surface area contributed by atoms with Crippen LogP contribution >= 0.6 is 0 Å². The number of amides is 1. The Morgan fingerprint density at radius 2 is 1.47 bits per heavy atom. The van der Waals surface area contributed by atoms with Crippen molar-refractivity contribution in [3.63, 3.8) is 0 Å². The summed E-state index contributed by atoms with van der Waals surface area (Å²) in [5, 5.41) is 3.08. The number of methoxy groups -OCH3 is 4. The quantitative estimate of drug-likeness (QED) is 0.508. The number of hydrogen-bond donors (Lipinski definition) is 1. The lowest BCUT2D eigenvalue weighted by molar-refractivity contribution is -0.116. The van der Waals surface area contributed by atoms with Crippen LogP contribution < -0.4 is 35.5 Å². The van der Waals surface area contributed by atoms with E-state index in [0.29, 0.717) is 34.2 Å². The van der Waals surface area contributed by atoms with Gasteiger partial charge in [0, 0.05) is 23.9 Å². The second-order valence-electron chi connectivity index (χ2n) is 8.68. The molecule has 10 heteroatoms. The molecule has 2 aromatic carbocycles. The normalized spacial score (nSPS) is 13.9. The smallest absolute Gasteiger partial charge is 0.332 e. The van der Waals surface area contributed by atoms with Crippen LogP contribution in [-0.4, -0.2) is 43.5 Å². The van der Waals surface area contributed by atoms with Crippen LogP contribution in [-0.2, 0) is 11.3 Å². The van der Waals surface area contributed by atoms with Crippen LogP contribution in [0.3, 0.4) is 0 Å². The summed E-state index contributed by atoms with van der Waals surface area (Å²) in [4.78, 5) is 40.3. The van der Waals surface area contributed by atoms with Gasteiger partial charge in [0.05, 0.1) is 39.3 Å². The van der Waals surface area contributed by atoms with Crippen molar-refractivity contribution >= 4 is 22.5 Å². The average molecular weight is 498 g/mol. The van der Waals surface area contributed by atoms with E-state index in [1.807, 2.05) is 0 Å². The molecule has 0 spiro atoms. The van der Waals surface area contributed by atoms with E-state index in [0.717, 1.165) is 32.1 Å². The van der Waals surface area contributed by atoms with Gasteiger partial charge in [-0.2, -0.15) is 0 Å². The fourth-order valence-electron chi connectivity index (χ4n) is 4.78. The minimum absolute atomic E-state index is 0.212. The number of carbonyl (C=O) groups is 1. The van der Waals surface area contributed by atoms with E-state index in [2.05, 4.69) is 5.32 Å². The number of hydrogen-bond acceptors (Lipinski definition) is 7. The molecule has 0 saturated heterocycles. The van der Waals surface area contributed by atoms with Crippen molar-refractivity contribution in [1.82, 2.24) is 9.13 Å². The van der Waals surface area contributed by atoms with E-state index in [9.17, 15) is 14.4 Å². The summed E-state index contributed by atoms with van der Waals surface area (Å²) in [6, 6.07) is 7.91. The van der Waals surface area contributed by atoms with Crippen molar-refractivity contribution in [2.75, 3.05) is 33.8 Å². The van der Waals surface area contributed by atoms with Crippen LogP contribution in [0.15, 0.2) is 39.9 Å². The number of fused-ring (bicyclic) bond motifs is 1. The Balaban J connectivity index is 1.80. The fraction of sp³-hybridized carbons (Fsp3) is 0.423. The molecular weight excluding hydrogens is 466 g/mol. The Bertz CT molecular complexity index is 1390. The first-order valence-corrected chi connectivity index (χ1v) is 11.8. The molecule has 0 unspecified atom stereocenters. The van der Waals surface area contributed by atoms with Gasteiger partial charge in [-0.3, -0.25) is 18.7 Å². The summed E-state index contributed by atoms with van der Waals surface area (Å²) in [6.07, 6.45) is 4.45. The molecule has 0 atom stereocenters. The van der Waals surface area contributed by atoms with Gasteiger partial charge in [-0.05, 0) is 31.0 Å². The second kappa shape index (κ2) is 10.8. The predicted molar refractivity (Wildman–Crippen MR) is 136 cm³/mol. The Labute approximate surface area is 208 Å². The SMILES string of the molecule is COc1ccc(NC(=O)Cn2c(=O)n(C3CCCCC3)c(=O)c3cc(OC)c(OC)cc32)cc1OC. The minimum Gasteiger partial charge on any atom is -0.493 e. The maximum absolute atomic E-state index is 13.7. The van der Waals surface area contributed by atoms with Crippen molar-refractivity contribution in [3.05, 3.63) is 51.2 Å². The molecule has 1 fully saturated rings. The number of carbonyl (C=O) groups excluding carboxylic acids is 1. The van der Waals surface area contributed by atoms with E-state index in [1.165, 1.54) is 37.6 Å². The molecule has 1 N–H and O–H groups in total. The first-order chi connectivity index (χ1) is 17.4. The molecule has 0 radical (unpaired) electrons. The number of rotatable bonds is 8. The summed E-state index contributed by atoms with van der Waals surface area (Å²) in [5.74, 6) is 1.28. The number of anilines is 1. The molecule has 1 saturated carbocycles. The van der Waals surface area contributed by atoms with E-state index >= 15 is 0 Å². The summed E-state index contributed by atoms with van der Waals surface area (Å²) in [5.41, 5.74) is -0.125. The largest absolute Gasteiger partial charge is 0.493 e. The highest BCUT2D eigenvalue weighted by atomic mass is 16.5. The molecule has 36 heavy (non-hydrogen) atoms. The standard InChI is InChI=1S/C26H31N3O7/c1-33-20-11-10-16(12-21(20)34-2)27-24(30)15-28-19-14-23(36-4)22(35-3)13-18(19)25(31)29(26(28)32)17-8-6-5-7-9-17/h10-14,17H,5-9,15H2,1-4H3,(H,27,30). The maximum atomic E-state index is 13.7. The second-order valence-corrected chi connectivity index (χ2v) is 8.68. The summed E-state index contributed by atoms with van der Waals surface area (Å²) in [7, 11) is 5.98. The molecule has 4 rings (SSSR count). The van der Waals surface area contributed by atoms with Crippen molar-refractivity contribution in [2.24, 2.45) is 0 Å². The fourth-order valence-corrected chi connectivity index (χ4v) is 4.78. The van der Waals surface area contributed by atoms with Gasteiger partial charge in [0.25, 0.3) is 5.56 Å². The molecule has 1 aliphatic rings. The molecule has 1 amide bonds. The van der Waals surface area contributed by atoms with Gasteiger partial charge in [-0.15, -0.1) is 0 Å². The highest BCUT2D eigenvalue weighted by Crippen LogP contribution is 2.32. The molecule has 1 aliphatic carbocycles. The van der Waals surface area contributed by atoms with Crippen LogP contribution in [0.2, 0.25) is 0 Å². The van der Waals surface area contributed by atoms with Gasteiger partial charge in [0.1, 0.15) is 6.54 Å². The van der Waals surface area contributed by atoms with E-state index in [-0.39, 0.29) is 23.5 Å². The zero-order chi connectivity index (χ0) is 25.8. The molecule has 1 heterocycles. The summed E-state index contributed by atoms with van der Waals surface area (Å²) in [6.45, 7) is -0.299. The van der Waals surface area contributed by atoms with Gasteiger partial charge in [0.2, 0.25) is 5.91 Å². The van der Waals surface area contributed by atoms with Crippen molar-refractivity contribution in [2.45, 2.75) is 44.7 Å². The first-order valence-electron chi connectivity index (χ1n) is 11.8. The van der Waals surface area contributed by atoms with E-state index < -0.39 is 11.6 Å². The topological polar surface area (TPSA) is 110 Å². The Morgan fingerprint density at radius 3 is 2.11 bits per heavy atom. The molecule has 192 valence electrons. The molecule has 3 aromatic rings. The monoisotopic (exact) mass is 497 g/mol. The van der Waals surface area contributed by atoms with Crippen LogP contribution in [0.5, 0.6) is 23.0 Å². The van der Waals surface area contributed by atoms with Crippen LogP contribution in [0.4, 0.5) is 5.69 Å². The molecule has 0 bridgehead atoms. The zero-order valence-electron chi connectivity index (χ0n) is 21.0. The average Bonchev–Trinajstić information content (AvgIpc) is 2.90. The highest BCUT2D eigenvalue weighted by Gasteiger charge is 2.24. The van der Waals surface area contributed by atoms with Gasteiger partial charge < -0.3 is 24.3 Å². The summed E-state index contributed by atoms with van der Waals surface area (Å²) < 4.78 is 24.0. The minimum atomic E-state index is -0.519. The molecule has 1 aromatic heterocycles. The molecule has 10 nitrogen and oxygen atoms in total. The van der Waals surface area contributed by atoms with Crippen LogP contribution in [0.1, 0.15) is 38.1 Å². The third-order valence-corrected chi connectivity index (χ3v) is 6.59. The highest BCUT2D eigenvalue weighted by molar-refractivity contribution is 5.92. The number of nitrogens with one attached hydrogen (secondary N) is 1. The van der Waals surface area contributed by atoms with E-state index in [1.54, 1.807) is 30.3 Å². The van der Waals surface area contributed by atoms with E-state index in [4.69, 9.17) is 18.9 Å². The zero-order valence-corrected chi connectivity index (χ0v) is 21.0. The Morgan fingerprint density at radius 1 is 0.861 bits per heavy atom. The lowest BCUT2D eigenvalue weighted by atomic mass is 9.95. The number of aromatic nitrogens is 2. The third-order valence-electron chi connectivity index (χ3n) is 6.59. The molecule has 0 aliphatic heterocycles. The summed E-state index contributed by atoms with van der Waals surface area (Å²) >= 11 is 0. The Kier molecular flexibility index (Phi) is 7.52. The first kappa shape index (κ1) is 25.2. The predicted octanol–water partition coefficient (Wildman–Crippen LogP) is 3.34. The van der Waals surface area contributed by atoms with Crippen LogP contribution in [0.25, 0.3) is 10.9 Å². The molecular formula is C26H31N3O7. The van der Waals surface area contributed by atoms with Gasteiger partial charge in [-0.1, -0.05) is 19.3 Å². The van der Waals surface area contributed by atoms with Crippen molar-refractivity contribution in [1.29, 1.82) is 0 Å². The van der Waals surface area contributed by atoms with Crippen molar-refractivity contribution < 1.29 is 23.7 Å². The lowest BCUT2D eigenvalue weighted by Gasteiger charge is -2.25. The number of nitrogens with zero attached hydrogens (tertiary/aromatic N) is 2. The van der Waals surface area contributed by atoms with Gasteiger partial charge in [-0.25, -0.2) is 4.79 Å².